The average Bonchev–Trinajstić information content (AvgIpc) is 2.16. The maximum atomic E-state index is 11.4. The van der Waals surface area contributed by atoms with E-state index in [1.54, 1.807) is 13.8 Å². The third-order valence-corrected chi connectivity index (χ3v) is 2.49. The zero-order valence-electron chi connectivity index (χ0n) is 9.65. The van der Waals surface area contributed by atoms with E-state index in [4.69, 9.17) is 9.47 Å². The van der Waals surface area contributed by atoms with Crippen LogP contribution < -0.4 is 0 Å². The van der Waals surface area contributed by atoms with Crippen molar-refractivity contribution in [1.82, 2.24) is 0 Å². The fourth-order valence-corrected chi connectivity index (χ4v) is 1.76. The summed E-state index contributed by atoms with van der Waals surface area (Å²) in [5.74, 6) is -1.06. The second-order valence-corrected chi connectivity index (χ2v) is 4.24. The Morgan fingerprint density at radius 2 is 1.69 bits per heavy atom. The molecule has 5 nitrogen and oxygen atoms in total. The monoisotopic (exact) mass is 248 g/mol. The SMILES string of the molecule is CCOC(=O)C[C@@H](SC(C)=O)C(=O)OCC. The van der Waals surface area contributed by atoms with Crippen molar-refractivity contribution in [1.29, 1.82) is 0 Å². The van der Waals surface area contributed by atoms with Crippen LogP contribution in [0, 0.1) is 0 Å². The summed E-state index contributed by atoms with van der Waals surface area (Å²) in [6, 6.07) is 0. The minimum atomic E-state index is -0.809. The quantitative estimate of drug-likeness (QED) is 0.657. The highest BCUT2D eigenvalue weighted by molar-refractivity contribution is 8.14. The van der Waals surface area contributed by atoms with E-state index in [2.05, 4.69) is 0 Å². The van der Waals surface area contributed by atoms with Crippen LogP contribution >= 0.6 is 11.8 Å². The van der Waals surface area contributed by atoms with Crippen molar-refractivity contribution in [2.75, 3.05) is 13.2 Å². The normalized spacial score (nSPS) is 11.7. The van der Waals surface area contributed by atoms with E-state index in [1.165, 1.54) is 6.92 Å². The van der Waals surface area contributed by atoms with E-state index in [0.717, 1.165) is 11.8 Å². The molecule has 0 rings (SSSR count). The Morgan fingerprint density at radius 1 is 1.12 bits per heavy atom. The molecule has 0 aromatic heterocycles. The number of rotatable bonds is 6. The zero-order chi connectivity index (χ0) is 12.6. The molecule has 0 aromatic carbocycles. The van der Waals surface area contributed by atoms with Crippen LogP contribution in [0.25, 0.3) is 0 Å². The van der Waals surface area contributed by atoms with Gasteiger partial charge in [0.2, 0.25) is 0 Å². The molecule has 1 atom stereocenters. The highest BCUT2D eigenvalue weighted by atomic mass is 32.2. The first-order chi connectivity index (χ1) is 7.51. The molecule has 0 saturated heterocycles. The van der Waals surface area contributed by atoms with Crippen molar-refractivity contribution >= 4 is 28.8 Å². The minimum Gasteiger partial charge on any atom is -0.466 e. The molecular weight excluding hydrogens is 232 g/mol. The van der Waals surface area contributed by atoms with Crippen LogP contribution in [-0.4, -0.2) is 35.5 Å². The number of thioether (sulfide) groups is 1. The van der Waals surface area contributed by atoms with Gasteiger partial charge in [0, 0.05) is 6.92 Å². The molecule has 0 aliphatic rings. The highest BCUT2D eigenvalue weighted by Crippen LogP contribution is 2.18. The summed E-state index contributed by atoms with van der Waals surface area (Å²) in [5.41, 5.74) is 0. The van der Waals surface area contributed by atoms with Crippen LogP contribution in [0.5, 0.6) is 0 Å². The number of carbonyl (C=O) groups is 3. The standard InChI is InChI=1S/C10H16O5S/c1-4-14-9(12)6-8(16-7(3)11)10(13)15-5-2/h8H,4-6H2,1-3H3/t8-/m1/s1. The van der Waals surface area contributed by atoms with Gasteiger partial charge in [-0.15, -0.1) is 0 Å². The fourth-order valence-electron chi connectivity index (χ4n) is 0.980. The lowest BCUT2D eigenvalue weighted by molar-refractivity contribution is -0.149. The van der Waals surface area contributed by atoms with Crippen LogP contribution in [0.3, 0.4) is 0 Å². The second kappa shape index (κ2) is 8.15. The molecule has 6 heteroatoms. The summed E-state index contributed by atoms with van der Waals surface area (Å²) < 4.78 is 9.48. The molecule has 0 saturated carbocycles. The molecule has 0 bridgehead atoms. The molecule has 0 N–H and O–H groups in total. The zero-order valence-corrected chi connectivity index (χ0v) is 10.5. The molecule has 0 aliphatic heterocycles. The largest absolute Gasteiger partial charge is 0.466 e. The van der Waals surface area contributed by atoms with Gasteiger partial charge in [0.25, 0.3) is 0 Å². The van der Waals surface area contributed by atoms with Gasteiger partial charge < -0.3 is 9.47 Å². The van der Waals surface area contributed by atoms with Gasteiger partial charge >= 0.3 is 11.9 Å². The Hall–Kier alpha value is -1.04. The van der Waals surface area contributed by atoms with Crippen LogP contribution in [0.4, 0.5) is 0 Å². The first-order valence-corrected chi connectivity index (χ1v) is 5.88. The lowest BCUT2D eigenvalue weighted by Gasteiger charge is -2.12. The van der Waals surface area contributed by atoms with Gasteiger partial charge in [-0.05, 0) is 13.8 Å². The summed E-state index contributed by atoms with van der Waals surface area (Å²) >= 11 is 0.788. The van der Waals surface area contributed by atoms with E-state index >= 15 is 0 Å². The summed E-state index contributed by atoms with van der Waals surface area (Å²) in [6.45, 7) is 5.14. The minimum absolute atomic E-state index is 0.142. The molecule has 0 spiro atoms. The Morgan fingerprint density at radius 3 is 2.12 bits per heavy atom. The van der Waals surface area contributed by atoms with Crippen molar-refractivity contribution in [3.63, 3.8) is 0 Å². The maximum absolute atomic E-state index is 11.4. The summed E-state index contributed by atoms with van der Waals surface area (Å²) in [7, 11) is 0. The third-order valence-electron chi connectivity index (χ3n) is 1.52. The molecule has 0 aliphatic carbocycles. The molecule has 0 amide bonds. The van der Waals surface area contributed by atoms with Crippen molar-refractivity contribution in [2.45, 2.75) is 32.4 Å². The molecule has 0 aromatic rings. The predicted octanol–water partition coefficient (Wildman–Crippen LogP) is 1.15. The summed E-state index contributed by atoms with van der Waals surface area (Å²) in [5, 5.41) is -1.04. The van der Waals surface area contributed by atoms with Crippen LogP contribution in [0.15, 0.2) is 0 Å². The topological polar surface area (TPSA) is 69.7 Å². The first kappa shape index (κ1) is 15.0. The van der Waals surface area contributed by atoms with Gasteiger partial charge in [0.1, 0.15) is 5.25 Å². The molecular formula is C10H16O5S. The Bertz CT molecular complexity index is 264. The van der Waals surface area contributed by atoms with Crippen molar-refractivity contribution in [2.24, 2.45) is 0 Å². The van der Waals surface area contributed by atoms with E-state index < -0.39 is 17.2 Å². The number of carbonyl (C=O) groups excluding carboxylic acids is 3. The maximum Gasteiger partial charge on any atom is 0.320 e. The van der Waals surface area contributed by atoms with E-state index in [-0.39, 0.29) is 24.7 Å². The smallest absolute Gasteiger partial charge is 0.320 e. The predicted molar refractivity (Wildman–Crippen MR) is 59.9 cm³/mol. The van der Waals surface area contributed by atoms with Crippen LogP contribution in [0.1, 0.15) is 27.2 Å². The summed E-state index contributed by atoms with van der Waals surface area (Å²) in [4.78, 5) is 33.5. The Labute approximate surface area is 98.9 Å². The Kier molecular flexibility index (Phi) is 7.62. The third kappa shape index (κ3) is 6.44. The van der Waals surface area contributed by atoms with Crippen molar-refractivity contribution in [3.8, 4) is 0 Å². The lowest BCUT2D eigenvalue weighted by Crippen LogP contribution is -2.25. The number of hydrogen-bond donors (Lipinski definition) is 0. The van der Waals surface area contributed by atoms with Gasteiger partial charge in [-0.25, -0.2) is 0 Å². The lowest BCUT2D eigenvalue weighted by atomic mass is 10.3. The first-order valence-electron chi connectivity index (χ1n) is 5.00. The second-order valence-electron chi connectivity index (χ2n) is 2.86. The van der Waals surface area contributed by atoms with Crippen LogP contribution in [-0.2, 0) is 23.9 Å². The molecule has 16 heavy (non-hydrogen) atoms. The van der Waals surface area contributed by atoms with Gasteiger partial charge in [-0.3, -0.25) is 14.4 Å². The molecule has 0 radical (unpaired) electrons. The Balaban J connectivity index is 4.36. The van der Waals surface area contributed by atoms with E-state index in [9.17, 15) is 14.4 Å². The molecule has 92 valence electrons. The molecule has 0 heterocycles. The average molecular weight is 248 g/mol. The van der Waals surface area contributed by atoms with Gasteiger partial charge in [-0.2, -0.15) is 0 Å². The van der Waals surface area contributed by atoms with Gasteiger partial charge in [0.05, 0.1) is 19.6 Å². The van der Waals surface area contributed by atoms with E-state index in [0.29, 0.717) is 0 Å². The highest BCUT2D eigenvalue weighted by Gasteiger charge is 2.26. The van der Waals surface area contributed by atoms with E-state index in [1.807, 2.05) is 0 Å². The van der Waals surface area contributed by atoms with Crippen molar-refractivity contribution in [3.05, 3.63) is 0 Å². The van der Waals surface area contributed by atoms with Crippen molar-refractivity contribution < 1.29 is 23.9 Å². The number of ether oxygens (including phenoxy) is 2. The molecule has 0 fully saturated rings. The molecule has 0 unspecified atom stereocenters. The van der Waals surface area contributed by atoms with Crippen LogP contribution in [0.2, 0.25) is 0 Å². The number of hydrogen-bond acceptors (Lipinski definition) is 6. The van der Waals surface area contributed by atoms with Gasteiger partial charge in [0.15, 0.2) is 5.12 Å². The van der Waals surface area contributed by atoms with Gasteiger partial charge in [-0.1, -0.05) is 11.8 Å². The number of esters is 2. The summed E-state index contributed by atoms with van der Waals surface area (Å²) in [6.07, 6.45) is -0.142. The fraction of sp³-hybridized carbons (Fsp3) is 0.700.